The van der Waals surface area contributed by atoms with Crippen LogP contribution in [0.25, 0.3) is 0 Å². The van der Waals surface area contributed by atoms with E-state index < -0.39 is 0 Å². The third-order valence-corrected chi connectivity index (χ3v) is 3.60. The second-order valence-corrected chi connectivity index (χ2v) is 5.14. The first-order valence-corrected chi connectivity index (χ1v) is 6.94. The van der Waals surface area contributed by atoms with E-state index >= 15 is 0 Å². The fraction of sp³-hybridized carbons (Fsp3) is 0.571. The Bertz CT molecular complexity index is 378. The van der Waals surface area contributed by atoms with Crippen LogP contribution in [0.2, 0.25) is 5.02 Å². The SMILES string of the molecule is COc1ccc(Cl)cc1CCNCC1CCCN1. The number of rotatable bonds is 6. The van der Waals surface area contributed by atoms with Gasteiger partial charge in [-0.3, -0.25) is 0 Å². The lowest BCUT2D eigenvalue weighted by atomic mass is 10.1. The third kappa shape index (κ3) is 3.87. The fourth-order valence-corrected chi connectivity index (χ4v) is 2.57. The van der Waals surface area contributed by atoms with Gasteiger partial charge in [-0.2, -0.15) is 0 Å². The topological polar surface area (TPSA) is 33.3 Å². The molecule has 2 N–H and O–H groups in total. The molecule has 1 aromatic rings. The number of methoxy groups -OCH3 is 1. The molecule has 1 aromatic carbocycles. The third-order valence-electron chi connectivity index (χ3n) is 3.37. The smallest absolute Gasteiger partial charge is 0.122 e. The lowest BCUT2D eigenvalue weighted by Gasteiger charge is -2.12. The molecule has 0 radical (unpaired) electrons. The molecule has 0 saturated carbocycles. The molecule has 1 heterocycles. The summed E-state index contributed by atoms with van der Waals surface area (Å²) in [5.74, 6) is 0.917. The molecule has 4 heteroatoms. The molecule has 0 amide bonds. The Balaban J connectivity index is 1.76. The van der Waals surface area contributed by atoms with E-state index in [0.717, 1.165) is 42.4 Å². The van der Waals surface area contributed by atoms with E-state index in [1.165, 1.54) is 12.8 Å². The van der Waals surface area contributed by atoms with Crippen LogP contribution in [0.5, 0.6) is 5.75 Å². The molecular formula is C14H21ClN2O. The highest BCUT2D eigenvalue weighted by Gasteiger charge is 2.12. The highest BCUT2D eigenvalue weighted by atomic mass is 35.5. The van der Waals surface area contributed by atoms with E-state index in [9.17, 15) is 0 Å². The summed E-state index contributed by atoms with van der Waals surface area (Å²) in [6, 6.07) is 6.41. The molecule has 0 bridgehead atoms. The summed E-state index contributed by atoms with van der Waals surface area (Å²) in [6.07, 6.45) is 3.53. The number of halogens is 1. The Kier molecular flexibility index (Phi) is 5.29. The van der Waals surface area contributed by atoms with E-state index in [4.69, 9.17) is 16.3 Å². The highest BCUT2D eigenvalue weighted by Crippen LogP contribution is 2.22. The molecule has 1 aliphatic heterocycles. The second kappa shape index (κ2) is 6.98. The van der Waals surface area contributed by atoms with E-state index in [0.29, 0.717) is 6.04 Å². The number of hydrogen-bond donors (Lipinski definition) is 2. The van der Waals surface area contributed by atoms with Gasteiger partial charge in [0.05, 0.1) is 7.11 Å². The molecule has 1 saturated heterocycles. The zero-order valence-electron chi connectivity index (χ0n) is 10.8. The number of ether oxygens (including phenoxy) is 1. The van der Waals surface area contributed by atoms with Gasteiger partial charge >= 0.3 is 0 Å². The fourth-order valence-electron chi connectivity index (χ4n) is 2.37. The van der Waals surface area contributed by atoms with Gasteiger partial charge in [-0.15, -0.1) is 0 Å². The molecule has 0 spiro atoms. The maximum atomic E-state index is 6.00. The van der Waals surface area contributed by atoms with Crippen LogP contribution in [0.1, 0.15) is 18.4 Å². The predicted octanol–water partition coefficient (Wildman–Crippen LogP) is 2.23. The molecule has 1 unspecified atom stereocenters. The number of hydrogen-bond acceptors (Lipinski definition) is 3. The zero-order valence-corrected chi connectivity index (χ0v) is 11.6. The van der Waals surface area contributed by atoms with Crippen molar-refractivity contribution in [2.24, 2.45) is 0 Å². The molecule has 1 atom stereocenters. The van der Waals surface area contributed by atoms with Gasteiger partial charge in [0.2, 0.25) is 0 Å². The molecule has 1 aliphatic rings. The first-order chi connectivity index (χ1) is 8.79. The van der Waals surface area contributed by atoms with Crippen LogP contribution in [0.3, 0.4) is 0 Å². The van der Waals surface area contributed by atoms with Crippen molar-refractivity contribution in [2.75, 3.05) is 26.7 Å². The van der Waals surface area contributed by atoms with Crippen molar-refractivity contribution < 1.29 is 4.74 Å². The monoisotopic (exact) mass is 268 g/mol. The van der Waals surface area contributed by atoms with Crippen molar-refractivity contribution >= 4 is 11.6 Å². The van der Waals surface area contributed by atoms with Crippen LogP contribution in [-0.4, -0.2) is 32.8 Å². The molecule has 18 heavy (non-hydrogen) atoms. The Morgan fingerprint density at radius 1 is 1.50 bits per heavy atom. The van der Waals surface area contributed by atoms with Crippen molar-refractivity contribution in [1.82, 2.24) is 10.6 Å². The summed E-state index contributed by atoms with van der Waals surface area (Å²) < 4.78 is 5.33. The number of nitrogens with one attached hydrogen (secondary N) is 2. The van der Waals surface area contributed by atoms with Crippen molar-refractivity contribution in [3.63, 3.8) is 0 Å². The molecule has 0 aliphatic carbocycles. The minimum Gasteiger partial charge on any atom is -0.496 e. The van der Waals surface area contributed by atoms with Crippen LogP contribution in [-0.2, 0) is 6.42 Å². The van der Waals surface area contributed by atoms with Crippen molar-refractivity contribution in [3.05, 3.63) is 28.8 Å². The van der Waals surface area contributed by atoms with Crippen molar-refractivity contribution in [1.29, 1.82) is 0 Å². The summed E-state index contributed by atoms with van der Waals surface area (Å²) >= 11 is 6.00. The molecule has 100 valence electrons. The molecular weight excluding hydrogens is 248 g/mol. The average Bonchev–Trinajstić information content (AvgIpc) is 2.88. The average molecular weight is 269 g/mol. The summed E-state index contributed by atoms with van der Waals surface area (Å²) in [6.45, 7) is 3.16. The Labute approximate surface area is 114 Å². The van der Waals surface area contributed by atoms with Crippen LogP contribution in [0.4, 0.5) is 0 Å². The van der Waals surface area contributed by atoms with Gasteiger partial charge in [0.1, 0.15) is 5.75 Å². The van der Waals surface area contributed by atoms with E-state index in [2.05, 4.69) is 10.6 Å². The largest absolute Gasteiger partial charge is 0.496 e. The Morgan fingerprint density at radius 2 is 2.39 bits per heavy atom. The van der Waals surface area contributed by atoms with Crippen LogP contribution >= 0.6 is 11.6 Å². The van der Waals surface area contributed by atoms with Crippen molar-refractivity contribution in [2.45, 2.75) is 25.3 Å². The van der Waals surface area contributed by atoms with Gasteiger partial charge in [0.25, 0.3) is 0 Å². The van der Waals surface area contributed by atoms with Crippen LogP contribution in [0, 0.1) is 0 Å². The minimum absolute atomic E-state index is 0.645. The highest BCUT2D eigenvalue weighted by molar-refractivity contribution is 6.30. The first-order valence-electron chi connectivity index (χ1n) is 6.56. The Morgan fingerprint density at radius 3 is 3.11 bits per heavy atom. The maximum Gasteiger partial charge on any atom is 0.122 e. The lowest BCUT2D eigenvalue weighted by molar-refractivity contribution is 0.409. The molecule has 3 nitrogen and oxygen atoms in total. The molecule has 1 fully saturated rings. The van der Waals surface area contributed by atoms with Crippen LogP contribution in [0.15, 0.2) is 18.2 Å². The molecule has 0 aromatic heterocycles. The van der Waals surface area contributed by atoms with Gasteiger partial charge in [-0.1, -0.05) is 11.6 Å². The minimum atomic E-state index is 0.645. The second-order valence-electron chi connectivity index (χ2n) is 4.70. The summed E-state index contributed by atoms with van der Waals surface area (Å²) in [4.78, 5) is 0. The first kappa shape index (κ1) is 13.7. The summed E-state index contributed by atoms with van der Waals surface area (Å²) in [5, 5.41) is 7.73. The standard InChI is InChI=1S/C14H21ClN2O/c1-18-14-5-4-12(15)9-11(14)6-8-16-10-13-3-2-7-17-13/h4-5,9,13,16-17H,2-3,6-8,10H2,1H3. The predicted molar refractivity (Wildman–Crippen MR) is 75.6 cm³/mol. The van der Waals surface area contributed by atoms with E-state index in [1.807, 2.05) is 18.2 Å². The van der Waals surface area contributed by atoms with Gasteiger partial charge in [0.15, 0.2) is 0 Å². The van der Waals surface area contributed by atoms with E-state index in [1.54, 1.807) is 7.11 Å². The summed E-state index contributed by atoms with van der Waals surface area (Å²) in [7, 11) is 1.70. The van der Waals surface area contributed by atoms with Crippen molar-refractivity contribution in [3.8, 4) is 5.75 Å². The maximum absolute atomic E-state index is 6.00. The van der Waals surface area contributed by atoms with Gasteiger partial charge < -0.3 is 15.4 Å². The van der Waals surface area contributed by atoms with E-state index in [-0.39, 0.29) is 0 Å². The lowest BCUT2D eigenvalue weighted by Crippen LogP contribution is -2.34. The van der Waals surface area contributed by atoms with Crippen LogP contribution < -0.4 is 15.4 Å². The Hall–Kier alpha value is -0.770. The van der Waals surface area contributed by atoms with Gasteiger partial charge in [-0.05, 0) is 56.1 Å². The van der Waals surface area contributed by atoms with Gasteiger partial charge in [-0.25, -0.2) is 0 Å². The zero-order chi connectivity index (χ0) is 12.8. The normalized spacial score (nSPS) is 19.1. The molecule has 2 rings (SSSR count). The van der Waals surface area contributed by atoms with Gasteiger partial charge in [0, 0.05) is 17.6 Å². The number of benzene rings is 1. The quantitative estimate of drug-likeness (QED) is 0.777. The summed E-state index contributed by atoms with van der Waals surface area (Å²) in [5.41, 5.74) is 1.16.